The van der Waals surface area contributed by atoms with Gasteiger partial charge in [0.2, 0.25) is 5.88 Å². The highest BCUT2D eigenvalue weighted by Gasteiger charge is 2.46. The molecule has 7 heteroatoms. The Balaban J connectivity index is 2.15. The van der Waals surface area contributed by atoms with Crippen LogP contribution in [0.1, 0.15) is 43.5 Å². The standard InChI is InChI=1S/C15H19F3N2O2/c1-10(2)22-13-7-6-11(9-19-13)14(21)20-8-4-3-5-12(20)15(16,17)18/h6-7,9-10,12H,3-5,8H2,1-2H3. The van der Waals surface area contributed by atoms with Gasteiger partial charge in [0.15, 0.2) is 0 Å². The SMILES string of the molecule is CC(C)Oc1ccc(C(=O)N2CCCCC2C(F)(F)F)cn1. The van der Waals surface area contributed by atoms with Crippen LogP contribution in [0.25, 0.3) is 0 Å². The van der Waals surface area contributed by atoms with Gasteiger partial charge in [-0.25, -0.2) is 4.98 Å². The summed E-state index contributed by atoms with van der Waals surface area (Å²) in [6.07, 6.45) is -2.18. The summed E-state index contributed by atoms with van der Waals surface area (Å²) in [5.74, 6) is -0.289. The number of carbonyl (C=O) groups excluding carboxylic acids is 1. The Morgan fingerprint density at radius 2 is 2.09 bits per heavy atom. The van der Waals surface area contributed by atoms with E-state index in [2.05, 4.69) is 4.98 Å². The lowest BCUT2D eigenvalue weighted by molar-refractivity contribution is -0.183. The van der Waals surface area contributed by atoms with Crippen LogP contribution in [0.2, 0.25) is 0 Å². The average molecular weight is 316 g/mol. The highest BCUT2D eigenvalue weighted by atomic mass is 19.4. The summed E-state index contributed by atoms with van der Waals surface area (Å²) in [5, 5.41) is 0. The van der Waals surface area contributed by atoms with E-state index in [0.717, 1.165) is 4.90 Å². The van der Waals surface area contributed by atoms with Gasteiger partial charge in [0.1, 0.15) is 6.04 Å². The molecule has 0 bridgehead atoms. The number of rotatable bonds is 3. The van der Waals surface area contributed by atoms with E-state index in [1.807, 2.05) is 13.8 Å². The molecule has 22 heavy (non-hydrogen) atoms. The Kier molecular flexibility index (Phi) is 4.93. The molecule has 1 saturated heterocycles. The van der Waals surface area contributed by atoms with Gasteiger partial charge >= 0.3 is 6.18 Å². The van der Waals surface area contributed by atoms with Crippen molar-refractivity contribution in [3.63, 3.8) is 0 Å². The van der Waals surface area contributed by atoms with E-state index in [9.17, 15) is 18.0 Å². The molecule has 2 heterocycles. The molecular weight excluding hydrogens is 297 g/mol. The second kappa shape index (κ2) is 6.54. The number of piperidine rings is 1. The molecule has 0 N–H and O–H groups in total. The van der Waals surface area contributed by atoms with Gasteiger partial charge in [-0.05, 0) is 39.2 Å². The second-order valence-electron chi connectivity index (χ2n) is 5.60. The molecule has 1 aromatic rings. The fourth-order valence-electron chi connectivity index (χ4n) is 2.50. The summed E-state index contributed by atoms with van der Waals surface area (Å²) in [6.45, 7) is 3.79. The summed E-state index contributed by atoms with van der Waals surface area (Å²) >= 11 is 0. The molecule has 1 amide bonds. The first-order chi connectivity index (χ1) is 10.3. The predicted octanol–water partition coefficient (Wildman–Crippen LogP) is 3.43. The quantitative estimate of drug-likeness (QED) is 0.858. The fourth-order valence-corrected chi connectivity index (χ4v) is 2.50. The molecule has 2 rings (SSSR count). The van der Waals surface area contributed by atoms with Crippen molar-refractivity contribution in [1.29, 1.82) is 0 Å². The third-order valence-corrected chi connectivity index (χ3v) is 3.48. The predicted molar refractivity (Wildman–Crippen MR) is 74.7 cm³/mol. The number of likely N-dealkylation sites (tertiary alicyclic amines) is 1. The molecule has 1 aromatic heterocycles. The van der Waals surface area contributed by atoms with Gasteiger partial charge in [-0.15, -0.1) is 0 Å². The van der Waals surface area contributed by atoms with E-state index in [-0.39, 0.29) is 24.6 Å². The number of carbonyl (C=O) groups is 1. The number of ether oxygens (including phenoxy) is 1. The molecule has 0 aromatic carbocycles. The van der Waals surface area contributed by atoms with Crippen molar-refractivity contribution < 1.29 is 22.7 Å². The molecule has 1 unspecified atom stereocenters. The molecule has 122 valence electrons. The largest absolute Gasteiger partial charge is 0.475 e. The van der Waals surface area contributed by atoms with Crippen LogP contribution >= 0.6 is 0 Å². The van der Waals surface area contributed by atoms with Crippen molar-refractivity contribution in [2.45, 2.75) is 51.4 Å². The number of aromatic nitrogens is 1. The molecule has 1 aliphatic heterocycles. The van der Waals surface area contributed by atoms with Crippen molar-refractivity contribution >= 4 is 5.91 Å². The van der Waals surface area contributed by atoms with Crippen LogP contribution in [-0.4, -0.2) is 40.7 Å². The normalized spacial score (nSPS) is 19.4. The van der Waals surface area contributed by atoms with Crippen LogP contribution in [0.5, 0.6) is 5.88 Å². The summed E-state index contributed by atoms with van der Waals surface area (Å²) in [4.78, 5) is 17.2. The molecule has 1 atom stereocenters. The molecular formula is C15H19F3N2O2. The average Bonchev–Trinajstić information content (AvgIpc) is 2.46. The number of nitrogens with zero attached hydrogens (tertiary/aromatic N) is 2. The van der Waals surface area contributed by atoms with Crippen LogP contribution in [-0.2, 0) is 0 Å². The Morgan fingerprint density at radius 3 is 2.64 bits per heavy atom. The third-order valence-electron chi connectivity index (χ3n) is 3.48. The minimum absolute atomic E-state index is 0.0444. The maximum atomic E-state index is 13.0. The van der Waals surface area contributed by atoms with E-state index in [1.165, 1.54) is 18.3 Å². The maximum absolute atomic E-state index is 13.0. The summed E-state index contributed by atoms with van der Waals surface area (Å²) in [7, 11) is 0. The fraction of sp³-hybridized carbons (Fsp3) is 0.600. The molecule has 1 aliphatic rings. The first kappa shape index (κ1) is 16.6. The van der Waals surface area contributed by atoms with E-state index in [0.29, 0.717) is 18.7 Å². The Labute approximate surface area is 127 Å². The zero-order valence-corrected chi connectivity index (χ0v) is 12.6. The number of pyridine rings is 1. The van der Waals surface area contributed by atoms with Crippen molar-refractivity contribution in [3.8, 4) is 5.88 Å². The lowest BCUT2D eigenvalue weighted by atomic mass is 10.0. The minimum atomic E-state index is -4.40. The Hall–Kier alpha value is -1.79. The van der Waals surface area contributed by atoms with Crippen LogP contribution < -0.4 is 4.74 Å². The number of hydrogen-bond acceptors (Lipinski definition) is 3. The Morgan fingerprint density at radius 1 is 1.36 bits per heavy atom. The third kappa shape index (κ3) is 3.90. The second-order valence-corrected chi connectivity index (χ2v) is 5.60. The van der Waals surface area contributed by atoms with E-state index in [4.69, 9.17) is 4.74 Å². The zero-order valence-electron chi connectivity index (χ0n) is 12.6. The van der Waals surface area contributed by atoms with Gasteiger partial charge in [0.25, 0.3) is 5.91 Å². The van der Waals surface area contributed by atoms with E-state index >= 15 is 0 Å². The monoisotopic (exact) mass is 316 g/mol. The first-order valence-corrected chi connectivity index (χ1v) is 7.29. The lowest BCUT2D eigenvalue weighted by Crippen LogP contribution is -2.51. The molecule has 1 fully saturated rings. The van der Waals surface area contributed by atoms with Crippen molar-refractivity contribution in [2.75, 3.05) is 6.54 Å². The smallest absolute Gasteiger partial charge is 0.408 e. The van der Waals surface area contributed by atoms with Gasteiger partial charge in [-0.3, -0.25) is 4.79 Å². The highest BCUT2D eigenvalue weighted by molar-refractivity contribution is 5.94. The first-order valence-electron chi connectivity index (χ1n) is 7.29. The van der Waals surface area contributed by atoms with Crippen LogP contribution in [0.3, 0.4) is 0 Å². The summed E-state index contributed by atoms with van der Waals surface area (Å²) < 4.78 is 44.5. The van der Waals surface area contributed by atoms with E-state index in [1.54, 1.807) is 0 Å². The summed E-state index contributed by atoms with van der Waals surface area (Å²) in [5.41, 5.74) is 0.146. The lowest BCUT2D eigenvalue weighted by Gasteiger charge is -2.36. The topological polar surface area (TPSA) is 42.4 Å². The van der Waals surface area contributed by atoms with Crippen molar-refractivity contribution in [2.24, 2.45) is 0 Å². The number of halogens is 3. The van der Waals surface area contributed by atoms with Gasteiger partial charge < -0.3 is 9.64 Å². The van der Waals surface area contributed by atoms with E-state index < -0.39 is 18.1 Å². The van der Waals surface area contributed by atoms with Gasteiger partial charge in [0, 0.05) is 18.8 Å². The Bertz CT molecular complexity index is 515. The maximum Gasteiger partial charge on any atom is 0.408 e. The van der Waals surface area contributed by atoms with Crippen molar-refractivity contribution in [3.05, 3.63) is 23.9 Å². The molecule has 0 radical (unpaired) electrons. The molecule has 4 nitrogen and oxygen atoms in total. The van der Waals surface area contributed by atoms with Gasteiger partial charge in [-0.2, -0.15) is 13.2 Å². The van der Waals surface area contributed by atoms with Gasteiger partial charge in [-0.1, -0.05) is 0 Å². The number of hydrogen-bond donors (Lipinski definition) is 0. The molecule has 0 saturated carbocycles. The molecule has 0 spiro atoms. The zero-order chi connectivity index (χ0) is 16.3. The highest BCUT2D eigenvalue weighted by Crippen LogP contribution is 2.32. The summed E-state index contributed by atoms with van der Waals surface area (Å²) in [6, 6.07) is 1.25. The van der Waals surface area contributed by atoms with Crippen molar-refractivity contribution in [1.82, 2.24) is 9.88 Å². The van der Waals surface area contributed by atoms with Crippen LogP contribution in [0.4, 0.5) is 13.2 Å². The minimum Gasteiger partial charge on any atom is -0.475 e. The number of alkyl halides is 3. The van der Waals surface area contributed by atoms with Crippen LogP contribution in [0.15, 0.2) is 18.3 Å². The number of amides is 1. The van der Waals surface area contributed by atoms with Crippen LogP contribution in [0, 0.1) is 0 Å². The van der Waals surface area contributed by atoms with Gasteiger partial charge in [0.05, 0.1) is 11.7 Å². The molecule has 0 aliphatic carbocycles.